The number of benzene rings is 2. The van der Waals surface area contributed by atoms with Crippen LogP contribution in [0.3, 0.4) is 0 Å². The molecule has 0 fully saturated rings. The molecule has 0 saturated carbocycles. The molecule has 3 aromatic rings. The van der Waals surface area contributed by atoms with Crippen LogP contribution in [0, 0.1) is 0 Å². The van der Waals surface area contributed by atoms with Crippen molar-refractivity contribution in [2.24, 2.45) is 0 Å². The van der Waals surface area contributed by atoms with E-state index in [9.17, 15) is 9.59 Å². The first-order valence-corrected chi connectivity index (χ1v) is 11.2. The largest absolute Gasteiger partial charge is 0.494 e. The predicted molar refractivity (Wildman–Crippen MR) is 125 cm³/mol. The van der Waals surface area contributed by atoms with Crippen LogP contribution in [0.25, 0.3) is 0 Å². The number of hydrogen-bond donors (Lipinski definition) is 1. The van der Waals surface area contributed by atoms with E-state index in [4.69, 9.17) is 25.5 Å². The Kier molecular flexibility index (Phi) is 7.02. The van der Waals surface area contributed by atoms with Gasteiger partial charge in [-0.1, -0.05) is 11.6 Å². The minimum atomic E-state index is -0.385. The number of carbonyl (C=O) groups excluding carboxylic acids is 2. The third-order valence-corrected chi connectivity index (χ3v) is 5.49. The smallest absolute Gasteiger partial charge is 0.291 e. The molecule has 2 heterocycles. The number of unbranched alkanes of at least 4 members (excludes halogenated alkanes) is 1. The lowest BCUT2D eigenvalue weighted by molar-refractivity contribution is -0.121. The SMILES string of the molecule is O=C(Nc1ccc2c(c1)N(CCCCOc1ccc(Cl)cc1)C(=O)CO2)c1ccc(Br)o1. The van der Waals surface area contributed by atoms with Gasteiger partial charge < -0.3 is 24.1 Å². The van der Waals surface area contributed by atoms with E-state index in [1.54, 1.807) is 47.4 Å². The number of rotatable bonds is 8. The van der Waals surface area contributed by atoms with Gasteiger partial charge in [0, 0.05) is 17.3 Å². The van der Waals surface area contributed by atoms with E-state index in [1.807, 2.05) is 12.1 Å². The second kappa shape index (κ2) is 10.1. The van der Waals surface area contributed by atoms with Crippen molar-refractivity contribution in [2.75, 3.05) is 30.0 Å². The van der Waals surface area contributed by atoms with Crippen molar-refractivity contribution >= 4 is 50.7 Å². The van der Waals surface area contributed by atoms with Gasteiger partial charge in [-0.25, -0.2) is 0 Å². The summed E-state index contributed by atoms with van der Waals surface area (Å²) >= 11 is 9.05. The molecule has 0 atom stereocenters. The monoisotopic (exact) mass is 518 g/mol. The Morgan fingerprint density at radius 2 is 1.94 bits per heavy atom. The Bertz CT molecular complexity index is 1120. The van der Waals surface area contributed by atoms with E-state index in [0.717, 1.165) is 18.6 Å². The molecule has 1 N–H and O–H groups in total. The third-order valence-electron chi connectivity index (χ3n) is 4.82. The number of carbonyl (C=O) groups is 2. The molecular formula is C23H20BrClN2O5. The first-order chi connectivity index (χ1) is 15.5. The molecule has 166 valence electrons. The van der Waals surface area contributed by atoms with Crippen molar-refractivity contribution in [3.63, 3.8) is 0 Å². The first kappa shape index (κ1) is 22.2. The molecule has 1 aliphatic rings. The number of ether oxygens (including phenoxy) is 2. The zero-order chi connectivity index (χ0) is 22.5. The number of fused-ring (bicyclic) bond motifs is 1. The molecule has 1 aliphatic heterocycles. The normalized spacial score (nSPS) is 12.8. The molecule has 2 aromatic carbocycles. The highest BCUT2D eigenvalue weighted by molar-refractivity contribution is 9.10. The summed E-state index contributed by atoms with van der Waals surface area (Å²) in [6.07, 6.45) is 1.52. The molecule has 7 nitrogen and oxygen atoms in total. The lowest BCUT2D eigenvalue weighted by Crippen LogP contribution is -2.39. The summed E-state index contributed by atoms with van der Waals surface area (Å²) in [6.45, 7) is 1.03. The highest BCUT2D eigenvalue weighted by atomic mass is 79.9. The van der Waals surface area contributed by atoms with Crippen molar-refractivity contribution in [1.82, 2.24) is 0 Å². The molecule has 2 amide bonds. The molecule has 0 unspecified atom stereocenters. The van der Waals surface area contributed by atoms with Crippen LogP contribution in [0.2, 0.25) is 5.02 Å². The highest BCUT2D eigenvalue weighted by Gasteiger charge is 2.26. The van der Waals surface area contributed by atoms with Gasteiger partial charge in [0.25, 0.3) is 11.8 Å². The van der Waals surface area contributed by atoms with E-state index in [-0.39, 0.29) is 24.2 Å². The maximum atomic E-state index is 12.5. The minimum absolute atomic E-state index is 0.0135. The summed E-state index contributed by atoms with van der Waals surface area (Å²) in [5, 5.41) is 3.44. The molecule has 0 radical (unpaired) electrons. The standard InChI is InChI=1S/C23H20BrClN2O5/c24-21-10-9-20(32-21)23(29)26-16-5-8-19-18(13-16)27(22(28)14-31-19)11-1-2-12-30-17-6-3-15(25)4-7-17/h3-10,13H,1-2,11-12,14H2,(H,26,29). The van der Waals surface area contributed by atoms with E-state index in [1.165, 1.54) is 0 Å². The Morgan fingerprint density at radius 3 is 2.69 bits per heavy atom. The maximum Gasteiger partial charge on any atom is 0.291 e. The third kappa shape index (κ3) is 5.44. The summed E-state index contributed by atoms with van der Waals surface area (Å²) < 4.78 is 17.0. The molecule has 0 spiro atoms. The Balaban J connectivity index is 1.36. The average molecular weight is 520 g/mol. The summed E-state index contributed by atoms with van der Waals surface area (Å²) in [7, 11) is 0. The number of amides is 2. The fraction of sp³-hybridized carbons (Fsp3) is 0.217. The molecule has 32 heavy (non-hydrogen) atoms. The molecule has 0 saturated heterocycles. The van der Waals surface area contributed by atoms with Gasteiger partial charge in [-0.2, -0.15) is 0 Å². The predicted octanol–water partition coefficient (Wildman–Crippen LogP) is 5.53. The molecule has 0 aliphatic carbocycles. The second-order valence-electron chi connectivity index (χ2n) is 7.08. The first-order valence-electron chi connectivity index (χ1n) is 10.0. The molecule has 0 bridgehead atoms. The number of hydrogen-bond acceptors (Lipinski definition) is 5. The number of furan rings is 1. The van der Waals surface area contributed by atoms with E-state index in [0.29, 0.717) is 40.0 Å². The van der Waals surface area contributed by atoms with Crippen LogP contribution in [0.5, 0.6) is 11.5 Å². The molecule has 4 rings (SSSR count). The van der Waals surface area contributed by atoms with Gasteiger partial charge in [0.05, 0.1) is 12.3 Å². The van der Waals surface area contributed by atoms with Crippen LogP contribution in [-0.2, 0) is 4.79 Å². The van der Waals surface area contributed by atoms with Crippen molar-refractivity contribution < 1.29 is 23.5 Å². The number of halogens is 2. The van der Waals surface area contributed by atoms with Gasteiger partial charge in [0.1, 0.15) is 11.5 Å². The van der Waals surface area contributed by atoms with E-state index in [2.05, 4.69) is 21.2 Å². The molecule has 1 aromatic heterocycles. The highest BCUT2D eigenvalue weighted by Crippen LogP contribution is 2.35. The summed E-state index contributed by atoms with van der Waals surface area (Å²) in [5.41, 5.74) is 1.16. The van der Waals surface area contributed by atoms with Crippen LogP contribution in [-0.4, -0.2) is 31.6 Å². The van der Waals surface area contributed by atoms with Crippen molar-refractivity contribution in [2.45, 2.75) is 12.8 Å². The lowest BCUT2D eigenvalue weighted by Gasteiger charge is -2.30. The maximum absolute atomic E-state index is 12.5. The molecule has 9 heteroatoms. The van der Waals surface area contributed by atoms with Crippen molar-refractivity contribution in [3.05, 3.63) is 70.0 Å². The van der Waals surface area contributed by atoms with Crippen LogP contribution in [0.15, 0.2) is 63.7 Å². The fourth-order valence-electron chi connectivity index (χ4n) is 3.25. The Morgan fingerprint density at radius 1 is 1.12 bits per heavy atom. The fourth-order valence-corrected chi connectivity index (χ4v) is 3.68. The van der Waals surface area contributed by atoms with Crippen molar-refractivity contribution in [1.29, 1.82) is 0 Å². The van der Waals surface area contributed by atoms with Crippen molar-refractivity contribution in [3.8, 4) is 11.5 Å². The zero-order valence-electron chi connectivity index (χ0n) is 17.0. The Labute approximate surface area is 198 Å². The second-order valence-corrected chi connectivity index (χ2v) is 8.30. The van der Waals surface area contributed by atoms with Crippen LogP contribution >= 0.6 is 27.5 Å². The Hall–Kier alpha value is -2.97. The average Bonchev–Trinajstić information content (AvgIpc) is 3.22. The van der Waals surface area contributed by atoms with Gasteiger partial charge in [-0.15, -0.1) is 0 Å². The minimum Gasteiger partial charge on any atom is -0.494 e. The lowest BCUT2D eigenvalue weighted by atomic mass is 10.2. The van der Waals surface area contributed by atoms with E-state index < -0.39 is 0 Å². The number of nitrogens with one attached hydrogen (secondary N) is 1. The van der Waals surface area contributed by atoms with Crippen LogP contribution in [0.4, 0.5) is 11.4 Å². The summed E-state index contributed by atoms with van der Waals surface area (Å²) in [6, 6.07) is 15.6. The summed E-state index contributed by atoms with van der Waals surface area (Å²) in [4.78, 5) is 26.5. The topological polar surface area (TPSA) is 81.0 Å². The van der Waals surface area contributed by atoms with Gasteiger partial charge in [0.2, 0.25) is 0 Å². The van der Waals surface area contributed by atoms with Crippen LogP contribution < -0.4 is 19.7 Å². The van der Waals surface area contributed by atoms with Gasteiger partial charge in [-0.3, -0.25) is 9.59 Å². The zero-order valence-corrected chi connectivity index (χ0v) is 19.3. The quantitative estimate of drug-likeness (QED) is 0.396. The molecular weight excluding hydrogens is 500 g/mol. The van der Waals surface area contributed by atoms with E-state index >= 15 is 0 Å². The van der Waals surface area contributed by atoms with Gasteiger partial charge in [-0.05, 0) is 83.4 Å². The summed E-state index contributed by atoms with van der Waals surface area (Å²) in [5.74, 6) is 1.02. The van der Waals surface area contributed by atoms with Gasteiger partial charge >= 0.3 is 0 Å². The van der Waals surface area contributed by atoms with Crippen LogP contribution in [0.1, 0.15) is 23.4 Å². The number of nitrogens with zero attached hydrogens (tertiary/aromatic N) is 1. The van der Waals surface area contributed by atoms with Gasteiger partial charge in [0.15, 0.2) is 17.0 Å². The number of anilines is 2.